The van der Waals surface area contributed by atoms with Gasteiger partial charge in [0.2, 0.25) is 5.91 Å². The van der Waals surface area contributed by atoms with Gasteiger partial charge in [-0.3, -0.25) is 14.9 Å². The number of nitrogens with one attached hydrogen (secondary N) is 1. The standard InChI is InChI=1S/C16H15ClN2O3/c1-11-10-13(19(21)22)7-8-15(11)18-16(20)9-6-12-4-2-3-5-14(12)17/h2-5,7-8,10H,6,9H2,1H3,(H,18,20). The highest BCUT2D eigenvalue weighted by molar-refractivity contribution is 6.31. The Morgan fingerprint density at radius 1 is 1.27 bits per heavy atom. The molecule has 0 bridgehead atoms. The van der Waals surface area contributed by atoms with Gasteiger partial charge in [0, 0.05) is 29.3 Å². The molecule has 0 fully saturated rings. The van der Waals surface area contributed by atoms with Crippen molar-refractivity contribution < 1.29 is 9.72 Å². The summed E-state index contributed by atoms with van der Waals surface area (Å²) >= 11 is 6.04. The largest absolute Gasteiger partial charge is 0.326 e. The van der Waals surface area contributed by atoms with Crippen molar-refractivity contribution in [3.8, 4) is 0 Å². The molecule has 1 amide bonds. The smallest absolute Gasteiger partial charge is 0.269 e. The number of carbonyl (C=O) groups is 1. The SMILES string of the molecule is Cc1cc([N+](=O)[O-])ccc1NC(=O)CCc1ccccc1Cl. The van der Waals surface area contributed by atoms with Crippen LogP contribution >= 0.6 is 11.6 Å². The number of rotatable bonds is 5. The number of anilines is 1. The van der Waals surface area contributed by atoms with E-state index in [1.165, 1.54) is 12.1 Å². The van der Waals surface area contributed by atoms with Crippen LogP contribution in [0.15, 0.2) is 42.5 Å². The van der Waals surface area contributed by atoms with Gasteiger partial charge < -0.3 is 5.32 Å². The second-order valence-electron chi connectivity index (χ2n) is 4.90. The summed E-state index contributed by atoms with van der Waals surface area (Å²) < 4.78 is 0. The highest BCUT2D eigenvalue weighted by atomic mass is 35.5. The van der Waals surface area contributed by atoms with Crippen LogP contribution in [-0.4, -0.2) is 10.8 Å². The Balaban J connectivity index is 1.98. The lowest BCUT2D eigenvalue weighted by atomic mass is 10.1. The van der Waals surface area contributed by atoms with E-state index in [-0.39, 0.29) is 11.6 Å². The third-order valence-electron chi connectivity index (χ3n) is 3.27. The molecular weight excluding hydrogens is 304 g/mol. The van der Waals surface area contributed by atoms with Crippen LogP contribution in [0.3, 0.4) is 0 Å². The van der Waals surface area contributed by atoms with Gasteiger partial charge in [-0.1, -0.05) is 29.8 Å². The van der Waals surface area contributed by atoms with Crippen LogP contribution in [-0.2, 0) is 11.2 Å². The zero-order chi connectivity index (χ0) is 16.1. The Bertz CT molecular complexity index is 716. The monoisotopic (exact) mass is 318 g/mol. The van der Waals surface area contributed by atoms with E-state index >= 15 is 0 Å². The van der Waals surface area contributed by atoms with Gasteiger partial charge in [0.05, 0.1) is 4.92 Å². The van der Waals surface area contributed by atoms with Gasteiger partial charge in [-0.15, -0.1) is 0 Å². The quantitative estimate of drug-likeness (QED) is 0.665. The number of aryl methyl sites for hydroxylation is 2. The van der Waals surface area contributed by atoms with Gasteiger partial charge >= 0.3 is 0 Å². The fourth-order valence-electron chi connectivity index (χ4n) is 2.06. The first-order chi connectivity index (χ1) is 10.5. The first-order valence-electron chi connectivity index (χ1n) is 6.75. The number of hydrogen-bond acceptors (Lipinski definition) is 3. The van der Waals surface area contributed by atoms with Gasteiger partial charge in [0.15, 0.2) is 0 Å². The minimum atomic E-state index is -0.462. The van der Waals surface area contributed by atoms with Gasteiger partial charge in [0.25, 0.3) is 5.69 Å². The van der Waals surface area contributed by atoms with Crippen LogP contribution in [0.25, 0.3) is 0 Å². The molecule has 6 heteroatoms. The highest BCUT2D eigenvalue weighted by Crippen LogP contribution is 2.22. The molecule has 0 aliphatic carbocycles. The fourth-order valence-corrected chi connectivity index (χ4v) is 2.29. The minimum Gasteiger partial charge on any atom is -0.326 e. The number of nitrogens with zero attached hydrogens (tertiary/aromatic N) is 1. The molecule has 0 heterocycles. The molecule has 0 aliphatic heterocycles. The van der Waals surface area contributed by atoms with Gasteiger partial charge in [-0.05, 0) is 36.6 Å². The Morgan fingerprint density at radius 2 is 2.00 bits per heavy atom. The van der Waals surface area contributed by atoms with Gasteiger partial charge in [-0.2, -0.15) is 0 Å². The maximum Gasteiger partial charge on any atom is 0.269 e. The predicted molar refractivity (Wildman–Crippen MR) is 86.2 cm³/mol. The molecule has 2 aromatic rings. The lowest BCUT2D eigenvalue weighted by molar-refractivity contribution is -0.384. The van der Waals surface area contributed by atoms with Crippen molar-refractivity contribution in [2.24, 2.45) is 0 Å². The number of nitro groups is 1. The van der Waals surface area contributed by atoms with E-state index in [2.05, 4.69) is 5.32 Å². The summed E-state index contributed by atoms with van der Waals surface area (Å²) in [5.74, 6) is -0.156. The van der Waals surface area contributed by atoms with E-state index < -0.39 is 4.92 Å². The van der Waals surface area contributed by atoms with Crippen molar-refractivity contribution in [3.05, 3.63) is 68.7 Å². The van der Waals surface area contributed by atoms with Crippen molar-refractivity contribution in [1.82, 2.24) is 0 Å². The average Bonchev–Trinajstić information content (AvgIpc) is 2.48. The van der Waals surface area contributed by atoms with Crippen molar-refractivity contribution in [2.45, 2.75) is 19.8 Å². The third-order valence-corrected chi connectivity index (χ3v) is 3.64. The summed E-state index contributed by atoms with van der Waals surface area (Å²) in [7, 11) is 0. The summed E-state index contributed by atoms with van der Waals surface area (Å²) in [6.45, 7) is 1.72. The molecule has 114 valence electrons. The number of non-ortho nitro benzene ring substituents is 1. The molecule has 0 atom stereocenters. The molecule has 0 radical (unpaired) electrons. The fraction of sp³-hybridized carbons (Fsp3) is 0.188. The van der Waals surface area contributed by atoms with Crippen LogP contribution in [0.5, 0.6) is 0 Å². The van der Waals surface area contributed by atoms with E-state index in [1.54, 1.807) is 19.1 Å². The third kappa shape index (κ3) is 4.05. The normalized spacial score (nSPS) is 10.3. The summed E-state index contributed by atoms with van der Waals surface area (Å²) in [5, 5.41) is 14.1. The summed E-state index contributed by atoms with van der Waals surface area (Å²) in [6, 6.07) is 11.7. The molecular formula is C16H15ClN2O3. The van der Waals surface area contributed by atoms with Crippen molar-refractivity contribution in [3.63, 3.8) is 0 Å². The van der Waals surface area contributed by atoms with Crippen molar-refractivity contribution in [1.29, 1.82) is 0 Å². The van der Waals surface area contributed by atoms with Crippen LogP contribution in [0.4, 0.5) is 11.4 Å². The highest BCUT2D eigenvalue weighted by Gasteiger charge is 2.10. The predicted octanol–water partition coefficient (Wildman–Crippen LogP) is 4.13. The minimum absolute atomic E-state index is 0.00608. The molecule has 2 aromatic carbocycles. The van der Waals surface area contributed by atoms with Crippen LogP contribution < -0.4 is 5.32 Å². The molecule has 1 N–H and O–H groups in total. The van der Waals surface area contributed by atoms with E-state index in [0.717, 1.165) is 5.56 Å². The molecule has 5 nitrogen and oxygen atoms in total. The first-order valence-corrected chi connectivity index (χ1v) is 7.13. The topological polar surface area (TPSA) is 72.2 Å². The molecule has 0 saturated heterocycles. The maximum absolute atomic E-state index is 12.0. The Kier molecular flexibility index (Phi) is 5.12. The van der Waals surface area contributed by atoms with E-state index in [1.807, 2.05) is 18.2 Å². The molecule has 22 heavy (non-hydrogen) atoms. The zero-order valence-corrected chi connectivity index (χ0v) is 12.8. The number of amides is 1. The lowest BCUT2D eigenvalue weighted by Gasteiger charge is -2.08. The molecule has 0 saturated carbocycles. The van der Waals surface area contributed by atoms with E-state index in [4.69, 9.17) is 11.6 Å². The van der Waals surface area contributed by atoms with Crippen LogP contribution in [0.2, 0.25) is 5.02 Å². The second-order valence-corrected chi connectivity index (χ2v) is 5.30. The Morgan fingerprint density at radius 3 is 2.64 bits per heavy atom. The molecule has 2 rings (SSSR count). The number of hydrogen-bond donors (Lipinski definition) is 1. The molecule has 0 aromatic heterocycles. The maximum atomic E-state index is 12.0. The second kappa shape index (κ2) is 7.04. The molecule has 0 aliphatic rings. The van der Waals surface area contributed by atoms with Crippen molar-refractivity contribution in [2.75, 3.05) is 5.32 Å². The van der Waals surface area contributed by atoms with Crippen LogP contribution in [0.1, 0.15) is 17.5 Å². The summed E-state index contributed by atoms with van der Waals surface area (Å²) in [6.07, 6.45) is 0.831. The Hall–Kier alpha value is -2.40. The van der Waals surface area contributed by atoms with Gasteiger partial charge in [-0.25, -0.2) is 0 Å². The van der Waals surface area contributed by atoms with Crippen LogP contribution in [0, 0.1) is 17.0 Å². The number of benzene rings is 2. The number of halogens is 1. The van der Waals surface area contributed by atoms with Crippen molar-refractivity contribution >= 4 is 28.9 Å². The molecule has 0 spiro atoms. The molecule has 0 unspecified atom stereocenters. The summed E-state index contributed by atoms with van der Waals surface area (Å²) in [4.78, 5) is 22.2. The average molecular weight is 319 g/mol. The summed E-state index contributed by atoms with van der Waals surface area (Å²) in [5.41, 5.74) is 2.15. The Labute approximate surface area is 133 Å². The zero-order valence-electron chi connectivity index (χ0n) is 12.0. The lowest BCUT2D eigenvalue weighted by Crippen LogP contribution is -2.13. The number of nitro benzene ring substituents is 1. The number of carbonyl (C=O) groups excluding carboxylic acids is 1. The van der Waals surface area contributed by atoms with E-state index in [9.17, 15) is 14.9 Å². The van der Waals surface area contributed by atoms with Gasteiger partial charge in [0.1, 0.15) is 0 Å². The van der Waals surface area contributed by atoms with E-state index in [0.29, 0.717) is 29.1 Å². The first kappa shape index (κ1) is 16.0.